The molecule has 0 aliphatic carbocycles. The van der Waals surface area contributed by atoms with E-state index in [0.29, 0.717) is 17.7 Å². The number of aromatic nitrogens is 1. The Bertz CT molecular complexity index is 604. The molecule has 0 saturated carbocycles. The van der Waals surface area contributed by atoms with Crippen LogP contribution in [0.25, 0.3) is 10.9 Å². The van der Waals surface area contributed by atoms with Crippen molar-refractivity contribution in [2.45, 2.75) is 6.42 Å². The molecule has 0 unspecified atom stereocenters. The maximum Gasteiger partial charge on any atom is 0.251 e. The highest BCUT2D eigenvalue weighted by Crippen LogP contribution is 2.18. The molecule has 0 atom stereocenters. The predicted octanol–water partition coefficient (Wildman–Crippen LogP) is 1.85. The van der Waals surface area contributed by atoms with Crippen molar-refractivity contribution >= 4 is 10.9 Å². The van der Waals surface area contributed by atoms with Gasteiger partial charge in [-0.1, -0.05) is 5.18 Å². The number of methoxy groups -OCH3 is 1. The summed E-state index contributed by atoms with van der Waals surface area (Å²) in [6.07, 6.45) is 0.362. The predicted molar refractivity (Wildman–Crippen MR) is 65.5 cm³/mol. The molecule has 5 heteroatoms. The molecule has 5 nitrogen and oxygen atoms in total. The van der Waals surface area contributed by atoms with E-state index in [2.05, 4.69) is 10.2 Å². The van der Waals surface area contributed by atoms with Crippen LogP contribution in [0, 0.1) is 4.91 Å². The summed E-state index contributed by atoms with van der Waals surface area (Å²) in [6, 6.07) is 7.22. The van der Waals surface area contributed by atoms with Crippen LogP contribution in [0.2, 0.25) is 0 Å². The lowest BCUT2D eigenvalue weighted by Crippen LogP contribution is -2.13. The zero-order valence-electron chi connectivity index (χ0n) is 9.40. The zero-order valence-corrected chi connectivity index (χ0v) is 9.40. The molecule has 2 rings (SSSR count). The molecule has 2 aromatic rings. The van der Waals surface area contributed by atoms with E-state index in [1.807, 2.05) is 12.1 Å². The van der Waals surface area contributed by atoms with Gasteiger partial charge in [0.1, 0.15) is 5.75 Å². The number of hydrogen-bond donors (Lipinski definition) is 1. The average Bonchev–Trinajstić information content (AvgIpc) is 2.35. The van der Waals surface area contributed by atoms with Gasteiger partial charge in [0, 0.05) is 18.1 Å². The second-order valence-corrected chi connectivity index (χ2v) is 3.68. The summed E-state index contributed by atoms with van der Waals surface area (Å²) >= 11 is 0. The Kier molecular flexibility index (Phi) is 3.18. The standard InChI is InChI=1S/C12H12N2O3/c1-17-10-3-2-8-6-9(4-5-13-16)12(15)14-11(8)7-10/h2-3,6-7H,4-5H2,1H3,(H,14,15). The van der Waals surface area contributed by atoms with Crippen molar-refractivity contribution in [1.29, 1.82) is 0 Å². The largest absolute Gasteiger partial charge is 0.497 e. The molecule has 1 heterocycles. The van der Waals surface area contributed by atoms with Gasteiger partial charge in [-0.2, -0.15) is 4.91 Å². The summed E-state index contributed by atoms with van der Waals surface area (Å²) in [5.74, 6) is 0.690. The number of nitrogens with zero attached hydrogens (tertiary/aromatic N) is 1. The Hall–Kier alpha value is -2.17. The van der Waals surface area contributed by atoms with Crippen LogP contribution >= 0.6 is 0 Å². The first-order chi connectivity index (χ1) is 8.24. The number of benzene rings is 1. The molecule has 17 heavy (non-hydrogen) atoms. The zero-order chi connectivity index (χ0) is 12.3. The summed E-state index contributed by atoms with van der Waals surface area (Å²) < 4.78 is 5.08. The number of hydrogen-bond acceptors (Lipinski definition) is 4. The average molecular weight is 232 g/mol. The Balaban J connectivity index is 2.50. The van der Waals surface area contributed by atoms with Crippen LogP contribution in [0.3, 0.4) is 0 Å². The van der Waals surface area contributed by atoms with Crippen LogP contribution in [0.1, 0.15) is 5.56 Å². The third kappa shape index (κ3) is 2.33. The first-order valence-corrected chi connectivity index (χ1v) is 5.23. The molecule has 1 N–H and O–H groups in total. The van der Waals surface area contributed by atoms with Crippen molar-refractivity contribution in [3.63, 3.8) is 0 Å². The number of rotatable bonds is 4. The highest BCUT2D eigenvalue weighted by molar-refractivity contribution is 5.80. The molecular weight excluding hydrogens is 220 g/mol. The summed E-state index contributed by atoms with van der Waals surface area (Å²) in [7, 11) is 1.57. The molecule has 1 aromatic carbocycles. The Labute approximate surface area is 97.4 Å². The van der Waals surface area contributed by atoms with Gasteiger partial charge >= 0.3 is 0 Å². The van der Waals surface area contributed by atoms with Crippen LogP contribution < -0.4 is 10.3 Å². The molecule has 0 bridgehead atoms. The van der Waals surface area contributed by atoms with Crippen LogP contribution in [-0.4, -0.2) is 18.6 Å². The van der Waals surface area contributed by atoms with Crippen LogP contribution in [-0.2, 0) is 6.42 Å². The van der Waals surface area contributed by atoms with Gasteiger partial charge in [0.25, 0.3) is 5.56 Å². The monoisotopic (exact) mass is 232 g/mol. The van der Waals surface area contributed by atoms with E-state index in [4.69, 9.17) is 4.74 Å². The fourth-order valence-corrected chi connectivity index (χ4v) is 1.70. The third-order valence-corrected chi connectivity index (χ3v) is 2.60. The SMILES string of the molecule is COc1ccc2cc(CCN=O)c(=O)[nH]c2c1. The van der Waals surface area contributed by atoms with Gasteiger partial charge < -0.3 is 9.72 Å². The van der Waals surface area contributed by atoms with Crippen LogP contribution in [0.15, 0.2) is 34.2 Å². The minimum atomic E-state index is -0.186. The van der Waals surface area contributed by atoms with Gasteiger partial charge in [-0.25, -0.2) is 0 Å². The summed E-state index contributed by atoms with van der Waals surface area (Å²) in [4.78, 5) is 24.5. The van der Waals surface area contributed by atoms with E-state index < -0.39 is 0 Å². The number of aromatic amines is 1. The summed E-state index contributed by atoms with van der Waals surface area (Å²) in [5.41, 5.74) is 1.11. The summed E-state index contributed by atoms with van der Waals surface area (Å²) in [5, 5.41) is 3.67. The quantitative estimate of drug-likeness (QED) is 0.817. The summed E-state index contributed by atoms with van der Waals surface area (Å²) in [6.45, 7) is 0.116. The number of nitroso groups, excluding NO2 is 1. The van der Waals surface area contributed by atoms with Crippen LogP contribution in [0.4, 0.5) is 0 Å². The van der Waals surface area contributed by atoms with Crippen LogP contribution in [0.5, 0.6) is 5.75 Å². The topological polar surface area (TPSA) is 71.5 Å². The minimum Gasteiger partial charge on any atom is -0.497 e. The lowest BCUT2D eigenvalue weighted by atomic mass is 10.1. The Morgan fingerprint density at radius 3 is 2.88 bits per heavy atom. The second kappa shape index (κ2) is 4.78. The maximum absolute atomic E-state index is 11.7. The molecule has 0 saturated heterocycles. The highest BCUT2D eigenvalue weighted by Gasteiger charge is 2.03. The maximum atomic E-state index is 11.7. The van der Waals surface area contributed by atoms with Gasteiger partial charge in [-0.3, -0.25) is 4.79 Å². The van der Waals surface area contributed by atoms with Gasteiger partial charge in [0.05, 0.1) is 19.2 Å². The molecule has 0 amide bonds. The first-order valence-electron chi connectivity index (χ1n) is 5.23. The third-order valence-electron chi connectivity index (χ3n) is 2.60. The van der Waals surface area contributed by atoms with Gasteiger partial charge in [-0.05, 0) is 23.6 Å². The van der Waals surface area contributed by atoms with E-state index in [-0.39, 0.29) is 12.1 Å². The van der Waals surface area contributed by atoms with E-state index in [1.54, 1.807) is 19.2 Å². The first kappa shape index (κ1) is 11.3. The van der Waals surface area contributed by atoms with Gasteiger partial charge in [0.15, 0.2) is 0 Å². The number of fused-ring (bicyclic) bond motifs is 1. The van der Waals surface area contributed by atoms with Gasteiger partial charge in [-0.15, -0.1) is 0 Å². The van der Waals surface area contributed by atoms with Crippen molar-refractivity contribution in [3.8, 4) is 5.75 Å². The molecule has 88 valence electrons. The van der Waals surface area contributed by atoms with Crippen molar-refractivity contribution < 1.29 is 4.74 Å². The molecule has 0 fully saturated rings. The normalized spacial score (nSPS) is 10.4. The van der Waals surface area contributed by atoms with E-state index in [9.17, 15) is 9.70 Å². The number of ether oxygens (including phenoxy) is 1. The van der Waals surface area contributed by atoms with E-state index in [0.717, 1.165) is 10.9 Å². The van der Waals surface area contributed by atoms with Gasteiger partial charge in [0.2, 0.25) is 0 Å². The lowest BCUT2D eigenvalue weighted by Gasteiger charge is -2.04. The molecule has 0 spiro atoms. The highest BCUT2D eigenvalue weighted by atomic mass is 16.5. The van der Waals surface area contributed by atoms with Crippen molar-refractivity contribution in [2.24, 2.45) is 5.18 Å². The minimum absolute atomic E-state index is 0.116. The molecule has 0 radical (unpaired) electrons. The number of pyridine rings is 1. The lowest BCUT2D eigenvalue weighted by molar-refractivity contribution is 0.415. The van der Waals surface area contributed by atoms with E-state index >= 15 is 0 Å². The fourth-order valence-electron chi connectivity index (χ4n) is 1.70. The number of H-pyrrole nitrogens is 1. The van der Waals surface area contributed by atoms with Crippen molar-refractivity contribution in [2.75, 3.05) is 13.7 Å². The smallest absolute Gasteiger partial charge is 0.251 e. The van der Waals surface area contributed by atoms with Crippen molar-refractivity contribution in [3.05, 3.63) is 45.1 Å². The number of nitrogens with one attached hydrogen (secondary N) is 1. The molecule has 0 aliphatic heterocycles. The fraction of sp³-hybridized carbons (Fsp3) is 0.250. The molecule has 0 aliphatic rings. The Morgan fingerprint density at radius 1 is 1.35 bits per heavy atom. The van der Waals surface area contributed by atoms with Crippen molar-refractivity contribution in [1.82, 2.24) is 4.98 Å². The second-order valence-electron chi connectivity index (χ2n) is 3.68. The molecule has 1 aromatic heterocycles. The molecular formula is C12H12N2O3. The van der Waals surface area contributed by atoms with E-state index in [1.165, 1.54) is 0 Å². The Morgan fingerprint density at radius 2 is 2.18 bits per heavy atom.